The predicted molar refractivity (Wildman–Crippen MR) is 73.3 cm³/mol. The third-order valence-electron chi connectivity index (χ3n) is 3.23. The number of hydrogen-bond donors (Lipinski definition) is 4. The highest BCUT2D eigenvalue weighted by Gasteiger charge is 2.21. The third-order valence-corrected chi connectivity index (χ3v) is 3.23. The Morgan fingerprint density at radius 3 is 3.00 bits per heavy atom. The molecule has 0 bridgehead atoms. The van der Waals surface area contributed by atoms with Gasteiger partial charge in [0.2, 0.25) is 5.91 Å². The van der Waals surface area contributed by atoms with Crippen molar-refractivity contribution in [2.24, 2.45) is 0 Å². The molecular weight excluding hydrogens is 228 g/mol. The minimum absolute atomic E-state index is 0.0288. The molecule has 1 amide bonds. The Bertz CT molecular complexity index is 427. The summed E-state index contributed by atoms with van der Waals surface area (Å²) in [5.74, 6) is 0.0729. The van der Waals surface area contributed by atoms with Crippen molar-refractivity contribution in [1.29, 1.82) is 0 Å². The summed E-state index contributed by atoms with van der Waals surface area (Å²) >= 11 is 0. The van der Waals surface area contributed by atoms with Crippen LogP contribution in [0.2, 0.25) is 0 Å². The molecule has 1 aliphatic heterocycles. The van der Waals surface area contributed by atoms with Crippen LogP contribution in [0, 0.1) is 0 Å². The lowest BCUT2D eigenvalue weighted by Crippen LogP contribution is -2.40. The average Bonchev–Trinajstić information content (AvgIpc) is 2.90. The summed E-state index contributed by atoms with van der Waals surface area (Å²) in [7, 11) is 1.83. The summed E-state index contributed by atoms with van der Waals surface area (Å²) in [6, 6.07) is 5.74. The van der Waals surface area contributed by atoms with Crippen molar-refractivity contribution in [2.75, 3.05) is 24.6 Å². The highest BCUT2D eigenvalue weighted by atomic mass is 16.2. The zero-order valence-electron chi connectivity index (χ0n) is 10.6. The Morgan fingerprint density at radius 2 is 2.39 bits per heavy atom. The number of nitrogen functional groups attached to an aromatic ring is 1. The molecule has 0 aliphatic carbocycles. The number of nitrogens with one attached hydrogen (secondary N) is 3. The fourth-order valence-electron chi connectivity index (χ4n) is 2.17. The lowest BCUT2D eigenvalue weighted by molar-refractivity contribution is -0.122. The quantitative estimate of drug-likeness (QED) is 0.591. The SMILES string of the molecule is CNc1ccc(CNC(=O)C2CCCN2)cc1N. The van der Waals surface area contributed by atoms with E-state index in [0.717, 1.165) is 30.6 Å². The van der Waals surface area contributed by atoms with E-state index < -0.39 is 0 Å². The molecule has 1 aromatic rings. The van der Waals surface area contributed by atoms with Gasteiger partial charge in [0.05, 0.1) is 17.4 Å². The fourth-order valence-corrected chi connectivity index (χ4v) is 2.17. The van der Waals surface area contributed by atoms with E-state index in [1.54, 1.807) is 0 Å². The number of amides is 1. The minimum Gasteiger partial charge on any atom is -0.397 e. The number of nitrogens with two attached hydrogens (primary N) is 1. The Labute approximate surface area is 107 Å². The average molecular weight is 248 g/mol. The number of anilines is 2. The van der Waals surface area contributed by atoms with Crippen LogP contribution in [0.25, 0.3) is 0 Å². The van der Waals surface area contributed by atoms with Gasteiger partial charge in [-0.25, -0.2) is 0 Å². The molecule has 1 atom stereocenters. The molecule has 5 heteroatoms. The molecule has 0 radical (unpaired) electrons. The second-order valence-electron chi connectivity index (χ2n) is 4.54. The summed E-state index contributed by atoms with van der Waals surface area (Å²) in [5.41, 5.74) is 8.49. The number of benzene rings is 1. The van der Waals surface area contributed by atoms with Crippen molar-refractivity contribution >= 4 is 17.3 Å². The molecule has 0 saturated carbocycles. The van der Waals surface area contributed by atoms with E-state index in [2.05, 4.69) is 16.0 Å². The van der Waals surface area contributed by atoms with Crippen LogP contribution < -0.4 is 21.7 Å². The first-order valence-electron chi connectivity index (χ1n) is 6.28. The van der Waals surface area contributed by atoms with Crippen LogP contribution in [0.15, 0.2) is 18.2 Å². The van der Waals surface area contributed by atoms with Gasteiger partial charge >= 0.3 is 0 Å². The number of rotatable bonds is 4. The van der Waals surface area contributed by atoms with Gasteiger partial charge in [-0.05, 0) is 37.1 Å². The van der Waals surface area contributed by atoms with Gasteiger partial charge in [-0.15, -0.1) is 0 Å². The van der Waals surface area contributed by atoms with Gasteiger partial charge in [-0.2, -0.15) is 0 Å². The lowest BCUT2D eigenvalue weighted by Gasteiger charge is -2.12. The fraction of sp³-hybridized carbons (Fsp3) is 0.462. The zero-order valence-corrected chi connectivity index (χ0v) is 10.6. The summed E-state index contributed by atoms with van der Waals surface area (Å²) in [4.78, 5) is 11.8. The molecule has 1 fully saturated rings. The number of carbonyl (C=O) groups excluding carboxylic acids is 1. The summed E-state index contributed by atoms with van der Waals surface area (Å²) < 4.78 is 0. The molecule has 98 valence electrons. The molecule has 2 rings (SSSR count). The van der Waals surface area contributed by atoms with Crippen LogP contribution in [-0.4, -0.2) is 25.5 Å². The number of carbonyl (C=O) groups is 1. The highest BCUT2D eigenvalue weighted by Crippen LogP contribution is 2.19. The topological polar surface area (TPSA) is 79.2 Å². The third kappa shape index (κ3) is 2.92. The molecule has 1 unspecified atom stereocenters. The number of hydrogen-bond acceptors (Lipinski definition) is 4. The Morgan fingerprint density at radius 1 is 1.56 bits per heavy atom. The van der Waals surface area contributed by atoms with Gasteiger partial charge in [-0.3, -0.25) is 4.79 Å². The lowest BCUT2D eigenvalue weighted by atomic mass is 10.1. The molecule has 0 aromatic heterocycles. The molecule has 0 spiro atoms. The summed E-state index contributed by atoms with van der Waals surface area (Å²) in [6.07, 6.45) is 1.99. The van der Waals surface area contributed by atoms with Crippen LogP contribution in [0.5, 0.6) is 0 Å². The zero-order chi connectivity index (χ0) is 13.0. The normalized spacial score (nSPS) is 18.6. The van der Waals surface area contributed by atoms with Crippen LogP contribution in [0.1, 0.15) is 18.4 Å². The Hall–Kier alpha value is -1.75. The molecule has 5 N–H and O–H groups in total. The van der Waals surface area contributed by atoms with Gasteiger partial charge in [0.25, 0.3) is 0 Å². The summed E-state index contributed by atoms with van der Waals surface area (Å²) in [6.45, 7) is 1.45. The first-order valence-corrected chi connectivity index (χ1v) is 6.28. The van der Waals surface area contributed by atoms with Crippen LogP contribution >= 0.6 is 0 Å². The van der Waals surface area contributed by atoms with Crippen LogP contribution in [0.3, 0.4) is 0 Å². The van der Waals surface area contributed by atoms with E-state index >= 15 is 0 Å². The van der Waals surface area contributed by atoms with Crippen molar-refractivity contribution in [3.05, 3.63) is 23.8 Å². The maximum absolute atomic E-state index is 11.8. The van der Waals surface area contributed by atoms with Crippen molar-refractivity contribution in [3.63, 3.8) is 0 Å². The Kier molecular flexibility index (Phi) is 4.04. The van der Waals surface area contributed by atoms with E-state index in [9.17, 15) is 4.79 Å². The predicted octanol–water partition coefficient (Wildman–Crippen LogP) is 0.679. The first-order chi connectivity index (χ1) is 8.70. The van der Waals surface area contributed by atoms with E-state index in [-0.39, 0.29) is 11.9 Å². The second-order valence-corrected chi connectivity index (χ2v) is 4.54. The van der Waals surface area contributed by atoms with Gasteiger partial charge < -0.3 is 21.7 Å². The molecule has 1 saturated heterocycles. The first kappa shape index (κ1) is 12.7. The molecular formula is C13H20N4O. The Balaban J connectivity index is 1.89. The van der Waals surface area contributed by atoms with Gasteiger partial charge in [-0.1, -0.05) is 6.07 Å². The smallest absolute Gasteiger partial charge is 0.237 e. The maximum atomic E-state index is 11.8. The monoisotopic (exact) mass is 248 g/mol. The minimum atomic E-state index is -0.0288. The molecule has 1 aliphatic rings. The van der Waals surface area contributed by atoms with Crippen molar-refractivity contribution in [3.8, 4) is 0 Å². The maximum Gasteiger partial charge on any atom is 0.237 e. The van der Waals surface area contributed by atoms with Crippen molar-refractivity contribution < 1.29 is 4.79 Å². The van der Waals surface area contributed by atoms with E-state index in [1.165, 1.54) is 0 Å². The molecule has 18 heavy (non-hydrogen) atoms. The molecule has 1 heterocycles. The highest BCUT2D eigenvalue weighted by molar-refractivity contribution is 5.82. The second kappa shape index (κ2) is 5.73. The van der Waals surface area contributed by atoms with Gasteiger partial charge in [0.1, 0.15) is 0 Å². The van der Waals surface area contributed by atoms with Gasteiger partial charge in [0.15, 0.2) is 0 Å². The van der Waals surface area contributed by atoms with Crippen LogP contribution in [-0.2, 0) is 11.3 Å². The molecule has 1 aromatic carbocycles. The van der Waals surface area contributed by atoms with Gasteiger partial charge in [0, 0.05) is 13.6 Å². The van der Waals surface area contributed by atoms with Crippen LogP contribution in [0.4, 0.5) is 11.4 Å². The standard InChI is InChI=1S/C13H20N4O/c1-15-11-5-4-9(7-10(11)14)8-17-13(18)12-3-2-6-16-12/h4-5,7,12,15-16H,2-3,6,8,14H2,1H3,(H,17,18). The van der Waals surface area contributed by atoms with E-state index in [4.69, 9.17) is 5.73 Å². The molecule has 5 nitrogen and oxygen atoms in total. The summed E-state index contributed by atoms with van der Waals surface area (Å²) in [5, 5.41) is 9.11. The van der Waals surface area contributed by atoms with Crippen molar-refractivity contribution in [2.45, 2.75) is 25.4 Å². The van der Waals surface area contributed by atoms with E-state index in [0.29, 0.717) is 12.2 Å². The largest absolute Gasteiger partial charge is 0.397 e. The van der Waals surface area contributed by atoms with E-state index in [1.807, 2.05) is 25.2 Å². The van der Waals surface area contributed by atoms with Crippen molar-refractivity contribution in [1.82, 2.24) is 10.6 Å².